The molecule has 8 nitrogen and oxygen atoms in total. The van der Waals surface area contributed by atoms with Gasteiger partial charge in [0.25, 0.3) is 0 Å². The molecule has 0 atom stereocenters. The number of hydrogen-bond donors (Lipinski definition) is 1. The lowest BCUT2D eigenvalue weighted by Gasteiger charge is -2.22. The van der Waals surface area contributed by atoms with Crippen LogP contribution in [0.5, 0.6) is 0 Å². The molecule has 26 heavy (non-hydrogen) atoms. The first-order valence-corrected chi connectivity index (χ1v) is 9.36. The summed E-state index contributed by atoms with van der Waals surface area (Å²) in [5.41, 5.74) is 3.12. The highest BCUT2D eigenvalue weighted by molar-refractivity contribution is 5.47. The Labute approximate surface area is 153 Å². The lowest BCUT2D eigenvalue weighted by molar-refractivity contribution is 0.337. The molecule has 0 aliphatic carbocycles. The second-order valence-electron chi connectivity index (χ2n) is 7.01. The Morgan fingerprint density at radius 1 is 1.19 bits per heavy atom. The number of piperidine rings is 1. The molecule has 0 unspecified atom stereocenters. The van der Waals surface area contributed by atoms with Crippen molar-refractivity contribution in [2.24, 2.45) is 0 Å². The number of rotatable bonds is 6. The molecule has 4 rings (SSSR count). The van der Waals surface area contributed by atoms with E-state index >= 15 is 0 Å². The molecule has 1 N–H and O–H groups in total. The second-order valence-corrected chi connectivity index (χ2v) is 7.01. The van der Waals surface area contributed by atoms with Crippen LogP contribution in [0.2, 0.25) is 0 Å². The van der Waals surface area contributed by atoms with Crippen LogP contribution in [0.4, 0.5) is 0 Å². The third kappa shape index (κ3) is 3.55. The van der Waals surface area contributed by atoms with E-state index in [-0.39, 0.29) is 0 Å². The van der Waals surface area contributed by atoms with Gasteiger partial charge in [-0.1, -0.05) is 5.21 Å². The normalized spacial score (nSPS) is 15.6. The van der Waals surface area contributed by atoms with Crippen molar-refractivity contribution < 1.29 is 0 Å². The van der Waals surface area contributed by atoms with Crippen molar-refractivity contribution in [3.05, 3.63) is 36.0 Å². The van der Waals surface area contributed by atoms with Crippen molar-refractivity contribution in [2.75, 3.05) is 13.1 Å². The van der Waals surface area contributed by atoms with Crippen LogP contribution in [-0.4, -0.2) is 47.4 Å². The number of nitrogens with one attached hydrogen (secondary N) is 1. The van der Waals surface area contributed by atoms with Gasteiger partial charge < -0.3 is 9.88 Å². The minimum Gasteiger partial charge on any atom is -0.330 e. The zero-order valence-corrected chi connectivity index (χ0v) is 15.5. The van der Waals surface area contributed by atoms with Crippen LogP contribution < -0.4 is 5.32 Å². The van der Waals surface area contributed by atoms with Crippen LogP contribution in [0.25, 0.3) is 11.5 Å². The molecular weight excluding hydrogens is 328 g/mol. The first kappa shape index (κ1) is 17.0. The van der Waals surface area contributed by atoms with E-state index < -0.39 is 0 Å². The molecule has 0 amide bonds. The summed E-state index contributed by atoms with van der Waals surface area (Å²) in [7, 11) is 0. The van der Waals surface area contributed by atoms with Gasteiger partial charge in [-0.05, 0) is 52.3 Å². The van der Waals surface area contributed by atoms with Gasteiger partial charge in [0, 0.05) is 31.2 Å². The fraction of sp³-hybridized carbons (Fsp3) is 0.556. The quantitative estimate of drug-likeness (QED) is 0.732. The molecule has 0 aromatic carbocycles. The average Bonchev–Trinajstić information content (AvgIpc) is 3.36. The summed E-state index contributed by atoms with van der Waals surface area (Å²) < 4.78 is 6.23. The molecule has 0 bridgehead atoms. The monoisotopic (exact) mass is 354 g/mol. The van der Waals surface area contributed by atoms with E-state index in [1.165, 1.54) is 5.69 Å². The minimum atomic E-state index is 0.437. The Hall–Kier alpha value is -2.48. The standard InChI is InChI=1S/C18H26N8/c1-14-12-15(2)25(22-14)10-3-9-24-11-8-20-18(24)17-13-26(23-21-17)16-4-6-19-7-5-16/h8,11-13,16,19H,3-7,9-10H2,1-2H3. The van der Waals surface area contributed by atoms with Gasteiger partial charge in [0.05, 0.1) is 17.9 Å². The largest absolute Gasteiger partial charge is 0.330 e. The molecule has 1 saturated heterocycles. The molecule has 1 aliphatic rings. The Morgan fingerprint density at radius 2 is 2.04 bits per heavy atom. The lowest BCUT2D eigenvalue weighted by atomic mass is 10.1. The maximum Gasteiger partial charge on any atom is 0.162 e. The summed E-state index contributed by atoms with van der Waals surface area (Å²) >= 11 is 0. The fourth-order valence-corrected chi connectivity index (χ4v) is 3.64. The molecule has 0 spiro atoms. The highest BCUT2D eigenvalue weighted by Crippen LogP contribution is 2.21. The molecule has 1 aliphatic heterocycles. The van der Waals surface area contributed by atoms with Crippen LogP contribution in [0, 0.1) is 13.8 Å². The summed E-state index contributed by atoms with van der Waals surface area (Å²) in [6.45, 7) is 8.00. The smallest absolute Gasteiger partial charge is 0.162 e. The summed E-state index contributed by atoms with van der Waals surface area (Å²) in [5, 5.41) is 16.6. The van der Waals surface area contributed by atoms with Gasteiger partial charge in [-0.3, -0.25) is 4.68 Å². The molecular formula is C18H26N8. The van der Waals surface area contributed by atoms with E-state index in [1.54, 1.807) is 0 Å². The van der Waals surface area contributed by atoms with Gasteiger partial charge in [-0.2, -0.15) is 5.10 Å². The molecule has 0 radical (unpaired) electrons. The van der Waals surface area contributed by atoms with Gasteiger partial charge in [0.1, 0.15) is 5.69 Å². The average molecular weight is 354 g/mol. The summed E-state index contributed by atoms with van der Waals surface area (Å²) in [5.74, 6) is 0.888. The topological polar surface area (TPSA) is 78.4 Å². The third-order valence-corrected chi connectivity index (χ3v) is 5.01. The maximum atomic E-state index is 4.53. The third-order valence-electron chi connectivity index (χ3n) is 5.01. The highest BCUT2D eigenvalue weighted by atomic mass is 15.4. The van der Waals surface area contributed by atoms with E-state index in [4.69, 9.17) is 0 Å². The van der Waals surface area contributed by atoms with Gasteiger partial charge in [-0.15, -0.1) is 5.10 Å². The van der Waals surface area contributed by atoms with Crippen LogP contribution in [0.15, 0.2) is 24.7 Å². The Kier molecular flexibility index (Phi) is 4.83. The van der Waals surface area contributed by atoms with Crippen molar-refractivity contribution in [3.8, 4) is 11.5 Å². The second kappa shape index (κ2) is 7.41. The van der Waals surface area contributed by atoms with Gasteiger partial charge in [-0.25, -0.2) is 9.67 Å². The van der Waals surface area contributed by atoms with Crippen LogP contribution in [0.3, 0.4) is 0 Å². The number of imidazole rings is 1. The number of hydrogen-bond acceptors (Lipinski definition) is 5. The molecule has 1 fully saturated rings. The van der Waals surface area contributed by atoms with Gasteiger partial charge in [0.15, 0.2) is 5.82 Å². The van der Waals surface area contributed by atoms with Crippen molar-refractivity contribution in [1.29, 1.82) is 0 Å². The molecule has 138 valence electrons. The van der Waals surface area contributed by atoms with E-state index in [0.29, 0.717) is 6.04 Å². The highest BCUT2D eigenvalue weighted by Gasteiger charge is 2.18. The fourth-order valence-electron chi connectivity index (χ4n) is 3.64. The minimum absolute atomic E-state index is 0.437. The summed E-state index contributed by atoms with van der Waals surface area (Å²) in [6, 6.07) is 2.55. The Balaban J connectivity index is 1.42. The number of aromatic nitrogens is 7. The molecule has 4 heterocycles. The van der Waals surface area contributed by atoms with Crippen molar-refractivity contribution in [2.45, 2.75) is 52.2 Å². The molecule has 0 saturated carbocycles. The van der Waals surface area contributed by atoms with Crippen LogP contribution in [0.1, 0.15) is 36.7 Å². The zero-order valence-electron chi connectivity index (χ0n) is 15.5. The van der Waals surface area contributed by atoms with Gasteiger partial charge >= 0.3 is 0 Å². The van der Waals surface area contributed by atoms with Crippen molar-refractivity contribution >= 4 is 0 Å². The van der Waals surface area contributed by atoms with Crippen LogP contribution in [-0.2, 0) is 13.1 Å². The van der Waals surface area contributed by atoms with Crippen molar-refractivity contribution in [3.63, 3.8) is 0 Å². The number of nitrogens with zero attached hydrogens (tertiary/aromatic N) is 7. The summed E-state index contributed by atoms with van der Waals surface area (Å²) in [4.78, 5) is 4.50. The first-order chi connectivity index (χ1) is 12.7. The molecule has 3 aromatic rings. The molecule has 3 aromatic heterocycles. The summed E-state index contributed by atoms with van der Waals surface area (Å²) in [6.07, 6.45) is 9.08. The van der Waals surface area contributed by atoms with Crippen LogP contribution >= 0.6 is 0 Å². The molecule has 8 heteroatoms. The zero-order chi connectivity index (χ0) is 17.9. The Bertz CT molecular complexity index is 852. The maximum absolute atomic E-state index is 4.53. The van der Waals surface area contributed by atoms with E-state index in [1.807, 2.05) is 30.2 Å². The Morgan fingerprint density at radius 3 is 2.81 bits per heavy atom. The van der Waals surface area contributed by atoms with E-state index in [9.17, 15) is 0 Å². The van der Waals surface area contributed by atoms with E-state index in [2.05, 4.69) is 48.0 Å². The van der Waals surface area contributed by atoms with Crippen molar-refractivity contribution in [1.82, 2.24) is 39.6 Å². The van der Waals surface area contributed by atoms with Gasteiger partial charge in [0.2, 0.25) is 0 Å². The van der Waals surface area contributed by atoms with E-state index in [0.717, 1.165) is 62.7 Å². The predicted octanol–water partition coefficient (Wildman–Crippen LogP) is 1.97. The lowest BCUT2D eigenvalue weighted by Crippen LogP contribution is -2.29. The number of aryl methyl sites for hydroxylation is 4. The SMILES string of the molecule is Cc1cc(C)n(CCCn2ccnc2-c2cn(C3CCNCC3)nn2)n1. The predicted molar refractivity (Wildman–Crippen MR) is 98.7 cm³/mol. The first-order valence-electron chi connectivity index (χ1n) is 9.36.